The maximum Gasteiger partial charge on any atom is 0.435 e. The summed E-state index contributed by atoms with van der Waals surface area (Å²) in [5.41, 5.74) is -6.41. The second-order valence-electron chi connectivity index (χ2n) is 8.53. The van der Waals surface area contributed by atoms with Crippen molar-refractivity contribution in [1.82, 2.24) is 5.32 Å². The van der Waals surface area contributed by atoms with Gasteiger partial charge in [-0.1, -0.05) is 30.3 Å². The van der Waals surface area contributed by atoms with Gasteiger partial charge in [-0.15, -0.1) is 0 Å². The van der Waals surface area contributed by atoms with Gasteiger partial charge in [-0.2, -0.15) is 26.3 Å². The van der Waals surface area contributed by atoms with Gasteiger partial charge in [0.2, 0.25) is 0 Å². The number of rotatable bonds is 3. The first-order valence-corrected chi connectivity index (χ1v) is 11.7. The highest BCUT2D eigenvalue weighted by Gasteiger charge is 2.73. The standard InChI is InChI=1S/C22H20F7NO2S/c1-13-3-2-4-16(11-13)33(31,32)19-9-10-30-18(19)8-5-14-12-15(6-7-17(14)19)20(23,21(24,25)26)22(27,28)29/h2-4,6-7,11-12,18,30H,5,8-10H2,1H3. The highest BCUT2D eigenvalue weighted by molar-refractivity contribution is 7.92. The Morgan fingerprint density at radius 3 is 2.24 bits per heavy atom. The van der Waals surface area contributed by atoms with Gasteiger partial charge < -0.3 is 5.32 Å². The Labute approximate surface area is 185 Å². The first kappa shape index (κ1) is 24.0. The molecular formula is C22H20F7NO2S. The Kier molecular flexibility index (Phi) is 5.40. The van der Waals surface area contributed by atoms with Gasteiger partial charge in [-0.05, 0) is 61.6 Å². The van der Waals surface area contributed by atoms with E-state index in [1.807, 2.05) is 0 Å². The van der Waals surface area contributed by atoms with E-state index in [4.69, 9.17) is 0 Å². The van der Waals surface area contributed by atoms with Crippen molar-refractivity contribution in [2.45, 2.75) is 59.9 Å². The molecule has 1 heterocycles. The predicted octanol–water partition coefficient (Wildman–Crippen LogP) is 5.26. The van der Waals surface area contributed by atoms with E-state index in [1.165, 1.54) is 12.1 Å². The van der Waals surface area contributed by atoms with Crippen molar-refractivity contribution in [2.75, 3.05) is 6.54 Å². The van der Waals surface area contributed by atoms with E-state index in [1.54, 1.807) is 19.1 Å². The molecule has 1 aliphatic carbocycles. The molecule has 180 valence electrons. The van der Waals surface area contributed by atoms with Crippen molar-refractivity contribution in [1.29, 1.82) is 0 Å². The third-order valence-corrected chi connectivity index (χ3v) is 9.21. The number of sulfone groups is 1. The second kappa shape index (κ2) is 7.43. The Hall–Kier alpha value is -2.14. The van der Waals surface area contributed by atoms with Crippen molar-refractivity contribution in [3.63, 3.8) is 0 Å². The Morgan fingerprint density at radius 1 is 0.970 bits per heavy atom. The van der Waals surface area contributed by atoms with E-state index < -0.39 is 44.2 Å². The van der Waals surface area contributed by atoms with Crippen LogP contribution in [0.1, 0.15) is 35.1 Å². The van der Waals surface area contributed by atoms with Crippen LogP contribution in [0.3, 0.4) is 0 Å². The molecule has 2 unspecified atom stereocenters. The molecule has 11 heteroatoms. The van der Waals surface area contributed by atoms with E-state index in [9.17, 15) is 39.2 Å². The topological polar surface area (TPSA) is 46.2 Å². The highest BCUT2D eigenvalue weighted by atomic mass is 32.2. The fourth-order valence-corrected chi connectivity index (χ4v) is 7.56. The molecule has 2 aromatic carbocycles. The van der Waals surface area contributed by atoms with E-state index in [-0.39, 0.29) is 35.3 Å². The molecule has 3 nitrogen and oxygen atoms in total. The molecule has 0 aromatic heterocycles. The molecule has 1 N–H and O–H groups in total. The molecule has 0 amide bonds. The van der Waals surface area contributed by atoms with E-state index in [0.29, 0.717) is 24.2 Å². The second-order valence-corrected chi connectivity index (χ2v) is 10.7. The van der Waals surface area contributed by atoms with Crippen LogP contribution in [0.5, 0.6) is 0 Å². The average Bonchev–Trinajstić information content (AvgIpc) is 3.17. The number of nitrogens with one attached hydrogen (secondary N) is 1. The van der Waals surface area contributed by atoms with Crippen molar-refractivity contribution in [2.24, 2.45) is 0 Å². The number of hydrogen-bond donors (Lipinski definition) is 1. The van der Waals surface area contributed by atoms with Crippen LogP contribution in [-0.4, -0.2) is 33.4 Å². The smallest absolute Gasteiger partial charge is 0.312 e. The van der Waals surface area contributed by atoms with E-state index in [0.717, 1.165) is 6.07 Å². The van der Waals surface area contributed by atoms with Gasteiger partial charge in [0.25, 0.3) is 0 Å². The minimum Gasteiger partial charge on any atom is -0.312 e. The van der Waals surface area contributed by atoms with Crippen LogP contribution < -0.4 is 5.32 Å². The van der Waals surface area contributed by atoms with E-state index >= 15 is 0 Å². The lowest BCUT2D eigenvalue weighted by atomic mass is 9.77. The largest absolute Gasteiger partial charge is 0.435 e. The molecule has 2 atom stereocenters. The lowest BCUT2D eigenvalue weighted by Gasteiger charge is -2.41. The van der Waals surface area contributed by atoms with Crippen LogP contribution in [0.25, 0.3) is 0 Å². The molecule has 1 aliphatic heterocycles. The maximum atomic E-state index is 14.6. The van der Waals surface area contributed by atoms with Gasteiger partial charge in [0.05, 0.1) is 4.90 Å². The molecule has 1 saturated heterocycles. The number of fused-ring (bicyclic) bond motifs is 3. The molecule has 2 aliphatic rings. The quantitative estimate of drug-likeness (QED) is 0.591. The van der Waals surface area contributed by atoms with Gasteiger partial charge in [0.15, 0.2) is 9.84 Å². The predicted molar refractivity (Wildman–Crippen MR) is 106 cm³/mol. The van der Waals surface area contributed by atoms with Crippen LogP contribution in [0, 0.1) is 6.92 Å². The number of hydrogen-bond acceptors (Lipinski definition) is 3. The summed E-state index contributed by atoms with van der Waals surface area (Å²) >= 11 is 0. The van der Waals surface area contributed by atoms with Crippen molar-refractivity contribution in [3.05, 3.63) is 64.7 Å². The molecule has 2 aromatic rings. The van der Waals surface area contributed by atoms with Crippen molar-refractivity contribution < 1.29 is 39.2 Å². The lowest BCUT2D eigenvalue weighted by Crippen LogP contribution is -2.51. The van der Waals surface area contributed by atoms with Crippen LogP contribution in [-0.2, 0) is 26.7 Å². The number of alkyl halides is 7. The fraction of sp³-hybridized carbons (Fsp3) is 0.455. The normalized spacial score (nSPS) is 23.8. The summed E-state index contributed by atoms with van der Waals surface area (Å²) in [5, 5.41) is 3.11. The summed E-state index contributed by atoms with van der Waals surface area (Å²) in [6.45, 7) is 2.01. The van der Waals surface area contributed by atoms with Crippen molar-refractivity contribution in [3.8, 4) is 0 Å². The third kappa shape index (κ3) is 3.30. The minimum absolute atomic E-state index is 0.0116. The zero-order chi connectivity index (χ0) is 24.4. The monoisotopic (exact) mass is 495 g/mol. The summed E-state index contributed by atoms with van der Waals surface area (Å²) in [6.07, 6.45) is -12.2. The highest BCUT2D eigenvalue weighted by Crippen LogP contribution is 2.55. The summed E-state index contributed by atoms with van der Waals surface area (Å²) in [4.78, 5) is 0.0125. The summed E-state index contributed by atoms with van der Waals surface area (Å²) in [6, 6.07) is 7.43. The first-order chi connectivity index (χ1) is 15.2. The van der Waals surface area contributed by atoms with Gasteiger partial charge in [-0.3, -0.25) is 0 Å². The van der Waals surface area contributed by atoms with Gasteiger partial charge in [-0.25, -0.2) is 12.8 Å². The molecule has 0 radical (unpaired) electrons. The average molecular weight is 495 g/mol. The van der Waals surface area contributed by atoms with Gasteiger partial charge in [0.1, 0.15) is 4.75 Å². The summed E-state index contributed by atoms with van der Waals surface area (Å²) in [5.74, 6) is 0. The van der Waals surface area contributed by atoms with Crippen LogP contribution in [0.4, 0.5) is 30.7 Å². The Balaban J connectivity index is 1.93. The fourth-order valence-electron chi connectivity index (χ4n) is 5.10. The number of aryl methyl sites for hydroxylation is 2. The van der Waals surface area contributed by atoms with Crippen LogP contribution in [0.2, 0.25) is 0 Å². The minimum atomic E-state index is -6.24. The maximum absolute atomic E-state index is 14.6. The first-order valence-electron chi connectivity index (χ1n) is 10.2. The van der Waals surface area contributed by atoms with Crippen LogP contribution in [0.15, 0.2) is 47.4 Å². The third-order valence-electron chi connectivity index (χ3n) is 6.67. The van der Waals surface area contributed by atoms with Gasteiger partial charge >= 0.3 is 18.0 Å². The Morgan fingerprint density at radius 2 is 1.64 bits per heavy atom. The number of benzene rings is 2. The zero-order valence-electron chi connectivity index (χ0n) is 17.3. The van der Waals surface area contributed by atoms with Crippen molar-refractivity contribution >= 4 is 9.84 Å². The molecule has 0 bridgehead atoms. The number of halogens is 7. The molecule has 4 rings (SSSR count). The zero-order valence-corrected chi connectivity index (χ0v) is 18.1. The van der Waals surface area contributed by atoms with Crippen LogP contribution >= 0.6 is 0 Å². The molecule has 1 fully saturated rings. The Bertz CT molecular complexity index is 1180. The molecule has 33 heavy (non-hydrogen) atoms. The molecular weight excluding hydrogens is 475 g/mol. The SMILES string of the molecule is Cc1cccc(S(=O)(=O)C23CCNC2CCc2cc(C(F)(C(F)(F)F)C(F)(F)F)ccc23)c1. The van der Waals surface area contributed by atoms with E-state index in [2.05, 4.69) is 5.32 Å². The molecule has 0 saturated carbocycles. The molecule has 0 spiro atoms. The van der Waals surface area contributed by atoms with Gasteiger partial charge in [0, 0.05) is 11.6 Å². The summed E-state index contributed by atoms with van der Waals surface area (Å²) in [7, 11) is -4.10. The lowest BCUT2D eigenvalue weighted by molar-refractivity contribution is -0.348. The summed E-state index contributed by atoms with van der Waals surface area (Å²) < 4.78 is 120.